The van der Waals surface area contributed by atoms with Crippen LogP contribution in [0.15, 0.2) is 42.7 Å². The van der Waals surface area contributed by atoms with Crippen LogP contribution in [0.5, 0.6) is 0 Å². The minimum absolute atomic E-state index is 0.0445. The number of hydrogen-bond donors (Lipinski definition) is 0. The third-order valence-electron chi connectivity index (χ3n) is 5.14. The Morgan fingerprint density at radius 1 is 1.21 bits per heavy atom. The van der Waals surface area contributed by atoms with Crippen LogP contribution in [0.25, 0.3) is 0 Å². The number of carbonyl (C=O) groups is 2. The Morgan fingerprint density at radius 2 is 2.08 bits per heavy atom. The molecule has 6 heteroatoms. The second-order valence-corrected chi connectivity index (χ2v) is 6.83. The molecule has 6 nitrogen and oxygen atoms in total. The largest absolute Gasteiger partial charge is 0.347 e. The molecule has 2 saturated heterocycles. The van der Waals surface area contributed by atoms with Gasteiger partial charge in [-0.15, -0.1) is 0 Å². The van der Waals surface area contributed by atoms with Gasteiger partial charge in [-0.05, 0) is 30.7 Å². The minimum Gasteiger partial charge on any atom is -0.347 e. The summed E-state index contributed by atoms with van der Waals surface area (Å²) >= 11 is 0. The van der Waals surface area contributed by atoms with Gasteiger partial charge < -0.3 is 9.47 Å². The summed E-state index contributed by atoms with van der Waals surface area (Å²) in [4.78, 5) is 33.1. The third kappa shape index (κ3) is 2.38. The average molecular weight is 324 g/mol. The molecule has 0 saturated carbocycles. The Balaban J connectivity index is 1.51. The topological polar surface area (TPSA) is 58.4 Å². The normalized spacial score (nSPS) is 23.5. The van der Waals surface area contributed by atoms with E-state index in [0.717, 1.165) is 6.42 Å². The van der Waals surface area contributed by atoms with Crippen LogP contribution in [0.3, 0.4) is 0 Å². The Morgan fingerprint density at radius 3 is 2.79 bits per heavy atom. The zero-order valence-corrected chi connectivity index (χ0v) is 13.7. The minimum atomic E-state index is -0.143. The van der Waals surface area contributed by atoms with Crippen LogP contribution >= 0.6 is 0 Å². The monoisotopic (exact) mass is 324 g/mol. The molecule has 0 radical (unpaired) electrons. The van der Waals surface area contributed by atoms with E-state index in [0.29, 0.717) is 37.6 Å². The number of likely N-dealkylation sites (tertiary alicyclic amines) is 1. The number of aromatic nitrogens is 2. The Bertz CT molecular complexity index is 785. The van der Waals surface area contributed by atoms with Gasteiger partial charge in [-0.2, -0.15) is 0 Å². The van der Waals surface area contributed by atoms with Crippen LogP contribution in [-0.2, 0) is 11.8 Å². The van der Waals surface area contributed by atoms with Crippen molar-refractivity contribution in [2.24, 2.45) is 12.5 Å². The van der Waals surface area contributed by atoms with Crippen molar-refractivity contribution in [2.75, 3.05) is 24.5 Å². The average Bonchev–Trinajstić information content (AvgIpc) is 3.28. The smallest absolute Gasteiger partial charge is 0.270 e. The van der Waals surface area contributed by atoms with Crippen LogP contribution < -0.4 is 4.90 Å². The summed E-state index contributed by atoms with van der Waals surface area (Å²) in [5.41, 5.74) is 0.549. The standard InChI is InChI=1S/C18H20N4O2/c1-20-9-4-5-14(20)17(24)21-10-7-18(12-21)11-16(23)22(13-18)15-6-2-3-8-19-15/h2-6,8-9H,7,10-13H2,1H3/t18-/m1/s1. The quantitative estimate of drug-likeness (QED) is 0.845. The summed E-state index contributed by atoms with van der Waals surface area (Å²) in [5, 5.41) is 0. The molecule has 2 aliphatic heterocycles. The molecule has 1 atom stereocenters. The number of anilines is 1. The molecule has 2 aromatic rings. The third-order valence-corrected chi connectivity index (χ3v) is 5.14. The molecule has 2 fully saturated rings. The summed E-state index contributed by atoms with van der Waals surface area (Å²) in [6, 6.07) is 9.31. The van der Waals surface area contributed by atoms with E-state index in [1.54, 1.807) is 11.1 Å². The van der Waals surface area contributed by atoms with E-state index in [1.165, 1.54) is 0 Å². The van der Waals surface area contributed by atoms with E-state index in [-0.39, 0.29) is 17.2 Å². The van der Waals surface area contributed by atoms with Gasteiger partial charge in [0.2, 0.25) is 5.91 Å². The first kappa shape index (κ1) is 14.9. The van der Waals surface area contributed by atoms with Crippen molar-refractivity contribution in [3.63, 3.8) is 0 Å². The van der Waals surface area contributed by atoms with Crippen LogP contribution in [0.2, 0.25) is 0 Å². The first-order valence-corrected chi connectivity index (χ1v) is 8.20. The van der Waals surface area contributed by atoms with Gasteiger partial charge in [0.25, 0.3) is 5.91 Å². The van der Waals surface area contributed by atoms with E-state index in [2.05, 4.69) is 4.98 Å². The van der Waals surface area contributed by atoms with Crippen molar-refractivity contribution >= 4 is 17.6 Å². The van der Waals surface area contributed by atoms with Gasteiger partial charge in [0.05, 0.1) is 0 Å². The molecule has 2 aromatic heterocycles. The molecule has 124 valence electrons. The molecule has 0 aromatic carbocycles. The van der Waals surface area contributed by atoms with Gasteiger partial charge in [-0.1, -0.05) is 6.07 Å². The summed E-state index contributed by atoms with van der Waals surface area (Å²) in [6.45, 7) is 1.97. The highest BCUT2D eigenvalue weighted by molar-refractivity contribution is 5.96. The number of nitrogens with zero attached hydrogens (tertiary/aromatic N) is 4. The number of aryl methyl sites for hydroxylation is 1. The van der Waals surface area contributed by atoms with Gasteiger partial charge in [0, 0.05) is 50.9 Å². The van der Waals surface area contributed by atoms with Crippen LogP contribution in [0, 0.1) is 5.41 Å². The van der Waals surface area contributed by atoms with Gasteiger partial charge in [0.1, 0.15) is 11.5 Å². The van der Waals surface area contributed by atoms with Crippen LogP contribution in [-0.4, -0.2) is 45.9 Å². The Labute approximate surface area is 140 Å². The van der Waals surface area contributed by atoms with Crippen molar-refractivity contribution in [3.8, 4) is 0 Å². The van der Waals surface area contributed by atoms with Crippen LogP contribution in [0.4, 0.5) is 5.82 Å². The number of carbonyl (C=O) groups excluding carboxylic acids is 2. The maximum Gasteiger partial charge on any atom is 0.270 e. The van der Waals surface area contributed by atoms with Crippen molar-refractivity contribution in [1.29, 1.82) is 0 Å². The predicted octanol–water partition coefficient (Wildman–Crippen LogP) is 1.69. The summed E-state index contributed by atoms with van der Waals surface area (Å²) in [6.07, 6.45) is 4.92. The lowest BCUT2D eigenvalue weighted by molar-refractivity contribution is -0.117. The maximum atomic E-state index is 12.7. The number of hydrogen-bond acceptors (Lipinski definition) is 3. The summed E-state index contributed by atoms with van der Waals surface area (Å²) in [7, 11) is 1.88. The fourth-order valence-corrected chi connectivity index (χ4v) is 3.85. The number of amides is 2. The van der Waals surface area contributed by atoms with E-state index < -0.39 is 0 Å². The first-order valence-electron chi connectivity index (χ1n) is 8.20. The molecule has 24 heavy (non-hydrogen) atoms. The SMILES string of the molecule is Cn1cccc1C(=O)N1CC[C@@]2(CC(=O)N(c3ccccn3)C2)C1. The van der Waals surface area contributed by atoms with Gasteiger partial charge in [-0.3, -0.25) is 14.5 Å². The van der Waals surface area contributed by atoms with E-state index in [1.807, 2.05) is 53.0 Å². The summed E-state index contributed by atoms with van der Waals surface area (Å²) < 4.78 is 1.84. The summed E-state index contributed by atoms with van der Waals surface area (Å²) in [5.74, 6) is 0.844. The predicted molar refractivity (Wildman–Crippen MR) is 89.6 cm³/mol. The van der Waals surface area contributed by atoms with Crippen molar-refractivity contribution in [1.82, 2.24) is 14.5 Å². The van der Waals surface area contributed by atoms with Gasteiger partial charge in [0.15, 0.2) is 0 Å². The highest BCUT2D eigenvalue weighted by atomic mass is 16.2. The van der Waals surface area contributed by atoms with Gasteiger partial charge in [-0.25, -0.2) is 4.98 Å². The molecular weight excluding hydrogens is 304 g/mol. The fraction of sp³-hybridized carbons (Fsp3) is 0.389. The van der Waals surface area contributed by atoms with Gasteiger partial charge >= 0.3 is 0 Å². The number of rotatable bonds is 2. The lowest BCUT2D eigenvalue weighted by Crippen LogP contribution is -2.35. The van der Waals surface area contributed by atoms with E-state index in [4.69, 9.17) is 0 Å². The van der Waals surface area contributed by atoms with Crippen LogP contribution in [0.1, 0.15) is 23.3 Å². The highest BCUT2D eigenvalue weighted by Crippen LogP contribution is 2.41. The lowest BCUT2D eigenvalue weighted by atomic mass is 9.86. The molecular formula is C18H20N4O2. The molecule has 2 amide bonds. The first-order chi connectivity index (χ1) is 11.6. The van der Waals surface area contributed by atoms with E-state index >= 15 is 0 Å². The molecule has 2 aliphatic rings. The molecule has 0 N–H and O–H groups in total. The van der Waals surface area contributed by atoms with E-state index in [9.17, 15) is 9.59 Å². The molecule has 0 unspecified atom stereocenters. The van der Waals surface area contributed by atoms with Crippen molar-refractivity contribution < 1.29 is 9.59 Å². The zero-order chi connectivity index (χ0) is 16.7. The maximum absolute atomic E-state index is 12.7. The molecule has 0 bridgehead atoms. The Hall–Kier alpha value is -2.63. The zero-order valence-electron chi connectivity index (χ0n) is 13.7. The molecule has 4 rings (SSSR count). The lowest BCUT2D eigenvalue weighted by Gasteiger charge is -2.24. The molecule has 0 aliphatic carbocycles. The fourth-order valence-electron chi connectivity index (χ4n) is 3.85. The van der Waals surface area contributed by atoms with Crippen molar-refractivity contribution in [2.45, 2.75) is 12.8 Å². The van der Waals surface area contributed by atoms with Crippen molar-refractivity contribution in [3.05, 3.63) is 48.4 Å². The second-order valence-electron chi connectivity index (χ2n) is 6.83. The molecule has 1 spiro atoms. The highest BCUT2D eigenvalue weighted by Gasteiger charge is 2.49. The Kier molecular flexibility index (Phi) is 3.40. The number of pyridine rings is 1. The molecule has 4 heterocycles. The second kappa shape index (κ2) is 5.47.